The van der Waals surface area contributed by atoms with Crippen LogP contribution in [0.25, 0.3) is 0 Å². The Kier molecular flexibility index (Phi) is 5.58. The third-order valence-electron chi connectivity index (χ3n) is 2.30. The first kappa shape index (κ1) is 14.9. The van der Waals surface area contributed by atoms with Gasteiger partial charge in [0.05, 0.1) is 0 Å². The van der Waals surface area contributed by atoms with E-state index in [0.29, 0.717) is 0 Å². The molecule has 1 unspecified atom stereocenters. The van der Waals surface area contributed by atoms with Crippen molar-refractivity contribution in [1.29, 1.82) is 0 Å². The van der Waals surface area contributed by atoms with Gasteiger partial charge >= 0.3 is 0 Å². The third kappa shape index (κ3) is 3.22. The van der Waals surface area contributed by atoms with E-state index in [9.17, 15) is 18.3 Å². The van der Waals surface area contributed by atoms with Gasteiger partial charge in [0.25, 0.3) is 0 Å². The number of halogens is 3. The van der Waals surface area contributed by atoms with Gasteiger partial charge in [0.1, 0.15) is 6.10 Å². The molecule has 1 N–H and O–H groups in total. The summed E-state index contributed by atoms with van der Waals surface area (Å²) in [6, 6.07) is 1.70. The lowest BCUT2D eigenvalue weighted by Gasteiger charge is -2.23. The molecule has 1 aromatic carbocycles. The fourth-order valence-corrected chi connectivity index (χ4v) is 1.47. The first-order valence-corrected chi connectivity index (χ1v) is 5.57. The lowest BCUT2D eigenvalue weighted by Crippen LogP contribution is -2.26. The van der Waals surface area contributed by atoms with E-state index in [-0.39, 0.29) is 13.2 Å². The highest BCUT2D eigenvalue weighted by Crippen LogP contribution is 2.25. The van der Waals surface area contributed by atoms with Crippen LogP contribution in [-0.4, -0.2) is 24.6 Å². The Labute approximate surface area is 103 Å². The van der Waals surface area contributed by atoms with Crippen molar-refractivity contribution in [3.05, 3.63) is 35.1 Å². The van der Waals surface area contributed by atoms with Crippen molar-refractivity contribution < 1.29 is 27.8 Å². The quantitative estimate of drug-likeness (QED) is 0.634. The third-order valence-corrected chi connectivity index (χ3v) is 2.30. The maximum absolute atomic E-state index is 13.5. The number of hydrogen-bond donors (Lipinski definition) is 1. The number of aliphatic hydroxyl groups excluding tert-OH is 1. The summed E-state index contributed by atoms with van der Waals surface area (Å²) in [7, 11) is 0. The van der Waals surface area contributed by atoms with Crippen molar-refractivity contribution in [3.8, 4) is 0 Å². The number of benzene rings is 1. The average molecular weight is 264 g/mol. The minimum Gasteiger partial charge on any atom is -0.383 e. The molecule has 6 heteroatoms. The van der Waals surface area contributed by atoms with Crippen LogP contribution < -0.4 is 0 Å². The molecular weight excluding hydrogens is 249 g/mol. The van der Waals surface area contributed by atoms with E-state index in [0.717, 1.165) is 12.1 Å². The average Bonchev–Trinajstić information content (AvgIpc) is 2.35. The number of ether oxygens (including phenoxy) is 2. The molecule has 102 valence electrons. The molecule has 0 aliphatic heterocycles. The smallest absolute Gasteiger partial charge is 0.194 e. The van der Waals surface area contributed by atoms with Crippen LogP contribution >= 0.6 is 0 Å². The second-order valence-electron chi connectivity index (χ2n) is 3.49. The maximum atomic E-state index is 13.5. The predicted octanol–water partition coefficient (Wildman–Crippen LogP) is 2.54. The van der Waals surface area contributed by atoms with Crippen LogP contribution in [0.1, 0.15) is 25.5 Å². The summed E-state index contributed by atoms with van der Waals surface area (Å²) in [4.78, 5) is 0. The largest absolute Gasteiger partial charge is 0.383 e. The molecular formula is C12H15F3O3. The molecule has 0 aliphatic carbocycles. The Bertz CT molecular complexity index is 392. The molecule has 3 nitrogen and oxygen atoms in total. The second-order valence-corrected chi connectivity index (χ2v) is 3.49. The van der Waals surface area contributed by atoms with Gasteiger partial charge in [0.2, 0.25) is 0 Å². The van der Waals surface area contributed by atoms with Crippen LogP contribution in [0.2, 0.25) is 0 Å². The highest BCUT2D eigenvalue weighted by atomic mass is 19.2. The molecule has 1 atom stereocenters. The van der Waals surface area contributed by atoms with Crippen LogP contribution in [-0.2, 0) is 9.47 Å². The first-order chi connectivity index (χ1) is 8.52. The normalized spacial score (nSPS) is 13.1. The number of aliphatic hydroxyl groups is 1. The van der Waals surface area contributed by atoms with E-state index < -0.39 is 35.4 Å². The van der Waals surface area contributed by atoms with E-state index in [1.165, 1.54) is 0 Å². The first-order valence-electron chi connectivity index (χ1n) is 5.57. The van der Waals surface area contributed by atoms with E-state index in [1.807, 2.05) is 0 Å². The van der Waals surface area contributed by atoms with Gasteiger partial charge in [0, 0.05) is 18.8 Å². The summed E-state index contributed by atoms with van der Waals surface area (Å²) in [6.45, 7) is 3.79. The molecule has 0 aliphatic rings. The Morgan fingerprint density at radius 1 is 1.06 bits per heavy atom. The molecule has 0 fully saturated rings. The van der Waals surface area contributed by atoms with Crippen LogP contribution in [0, 0.1) is 17.5 Å². The van der Waals surface area contributed by atoms with Crippen molar-refractivity contribution in [2.24, 2.45) is 0 Å². The van der Waals surface area contributed by atoms with Gasteiger partial charge in [-0.25, -0.2) is 13.2 Å². The van der Waals surface area contributed by atoms with Gasteiger partial charge in [-0.15, -0.1) is 0 Å². The Morgan fingerprint density at radius 3 is 2.11 bits per heavy atom. The van der Waals surface area contributed by atoms with E-state index in [4.69, 9.17) is 9.47 Å². The second kappa shape index (κ2) is 6.72. The van der Waals surface area contributed by atoms with Crippen molar-refractivity contribution in [2.45, 2.75) is 26.2 Å². The molecule has 0 saturated carbocycles. The molecule has 0 aromatic heterocycles. The van der Waals surface area contributed by atoms with Gasteiger partial charge in [-0.2, -0.15) is 0 Å². The van der Waals surface area contributed by atoms with Crippen LogP contribution in [0.5, 0.6) is 0 Å². The molecule has 0 radical (unpaired) electrons. The molecule has 18 heavy (non-hydrogen) atoms. The fourth-order valence-electron chi connectivity index (χ4n) is 1.47. The van der Waals surface area contributed by atoms with Crippen LogP contribution in [0.4, 0.5) is 13.2 Å². The molecule has 0 heterocycles. The predicted molar refractivity (Wildman–Crippen MR) is 58.3 cm³/mol. The fraction of sp³-hybridized carbons (Fsp3) is 0.500. The zero-order chi connectivity index (χ0) is 13.7. The lowest BCUT2D eigenvalue weighted by atomic mass is 10.1. The van der Waals surface area contributed by atoms with Gasteiger partial charge in [-0.1, -0.05) is 6.07 Å². The van der Waals surface area contributed by atoms with Crippen molar-refractivity contribution in [2.75, 3.05) is 13.2 Å². The highest BCUT2D eigenvalue weighted by Gasteiger charge is 2.27. The minimum atomic E-state index is -1.63. The van der Waals surface area contributed by atoms with Gasteiger partial charge in [0.15, 0.2) is 23.7 Å². The van der Waals surface area contributed by atoms with Crippen molar-refractivity contribution in [3.63, 3.8) is 0 Å². The summed E-state index contributed by atoms with van der Waals surface area (Å²) < 4.78 is 49.4. The molecule has 0 amide bonds. The number of hydrogen-bond acceptors (Lipinski definition) is 3. The zero-order valence-corrected chi connectivity index (χ0v) is 10.1. The minimum absolute atomic E-state index is 0.229. The molecule has 1 rings (SSSR count). The Balaban J connectivity index is 3.00. The molecule has 1 aromatic rings. The van der Waals surface area contributed by atoms with Crippen LogP contribution in [0.15, 0.2) is 12.1 Å². The Hall–Kier alpha value is -1.11. The van der Waals surface area contributed by atoms with Crippen molar-refractivity contribution in [1.82, 2.24) is 0 Å². The summed E-state index contributed by atoms with van der Waals surface area (Å²) in [6.07, 6.45) is -2.65. The summed E-state index contributed by atoms with van der Waals surface area (Å²) in [5, 5.41) is 9.86. The van der Waals surface area contributed by atoms with Gasteiger partial charge < -0.3 is 14.6 Å². The standard InChI is InChI=1S/C12H15F3O3/c1-3-17-12(18-4-2)11(16)7-5-6-8(13)10(15)9(7)14/h5-6,11-12,16H,3-4H2,1-2H3. The molecule has 0 bridgehead atoms. The van der Waals surface area contributed by atoms with E-state index in [2.05, 4.69) is 0 Å². The molecule has 0 saturated heterocycles. The topological polar surface area (TPSA) is 38.7 Å². The summed E-state index contributed by atoms with van der Waals surface area (Å²) >= 11 is 0. The monoisotopic (exact) mass is 264 g/mol. The van der Waals surface area contributed by atoms with E-state index >= 15 is 0 Å². The zero-order valence-electron chi connectivity index (χ0n) is 10.1. The SMILES string of the molecule is CCOC(OCC)C(O)c1ccc(F)c(F)c1F. The molecule has 0 spiro atoms. The van der Waals surface area contributed by atoms with Gasteiger partial charge in [-0.3, -0.25) is 0 Å². The summed E-state index contributed by atoms with van der Waals surface area (Å²) in [5.74, 6) is -4.38. The highest BCUT2D eigenvalue weighted by molar-refractivity contribution is 5.22. The van der Waals surface area contributed by atoms with Crippen LogP contribution in [0.3, 0.4) is 0 Å². The maximum Gasteiger partial charge on any atom is 0.194 e. The Morgan fingerprint density at radius 2 is 1.61 bits per heavy atom. The lowest BCUT2D eigenvalue weighted by molar-refractivity contribution is -0.192. The number of rotatable bonds is 6. The summed E-state index contributed by atoms with van der Waals surface area (Å²) in [5.41, 5.74) is -0.402. The van der Waals surface area contributed by atoms with Crippen molar-refractivity contribution >= 4 is 0 Å². The van der Waals surface area contributed by atoms with Gasteiger partial charge in [-0.05, 0) is 19.9 Å². The van der Waals surface area contributed by atoms with E-state index in [1.54, 1.807) is 13.8 Å².